The fourth-order valence-corrected chi connectivity index (χ4v) is 1.51. The van der Waals surface area contributed by atoms with Gasteiger partial charge < -0.3 is 4.74 Å². The molecule has 0 spiro atoms. The summed E-state index contributed by atoms with van der Waals surface area (Å²) in [5, 5.41) is 4.24. The fourth-order valence-electron chi connectivity index (χ4n) is 1.51. The van der Waals surface area contributed by atoms with Crippen LogP contribution in [0.1, 0.15) is 11.1 Å². The average Bonchev–Trinajstić information content (AvgIpc) is 2.64. The molecule has 1 aromatic carbocycles. The zero-order chi connectivity index (χ0) is 10.7. The van der Waals surface area contributed by atoms with E-state index in [-0.39, 0.29) is 0 Å². The molecule has 0 atom stereocenters. The minimum Gasteiger partial charge on any atom is -0.497 e. The van der Waals surface area contributed by atoms with Crippen LogP contribution in [-0.2, 0) is 6.54 Å². The van der Waals surface area contributed by atoms with Gasteiger partial charge in [0, 0.05) is 6.20 Å². The minimum atomic E-state index is 0.783. The van der Waals surface area contributed by atoms with E-state index in [0.717, 1.165) is 12.3 Å². The quantitative estimate of drug-likeness (QED) is 0.763. The molecule has 0 aliphatic heterocycles. The Kier molecular flexibility index (Phi) is 2.72. The molecule has 0 aliphatic rings. The van der Waals surface area contributed by atoms with Gasteiger partial charge in [0.15, 0.2) is 0 Å². The van der Waals surface area contributed by atoms with E-state index in [1.807, 2.05) is 42.2 Å². The van der Waals surface area contributed by atoms with Crippen LogP contribution in [0.5, 0.6) is 5.75 Å². The Morgan fingerprint density at radius 1 is 1.40 bits per heavy atom. The predicted octanol–water partition coefficient (Wildman–Crippen LogP) is 2.25. The zero-order valence-electron chi connectivity index (χ0n) is 8.97. The van der Waals surface area contributed by atoms with Crippen LogP contribution in [0.4, 0.5) is 0 Å². The van der Waals surface area contributed by atoms with Gasteiger partial charge in [0.2, 0.25) is 0 Å². The number of aromatic nitrogens is 2. The zero-order valence-corrected chi connectivity index (χ0v) is 8.97. The maximum Gasteiger partial charge on any atom is 0.119 e. The number of aryl methyl sites for hydroxylation is 1. The highest BCUT2D eigenvalue weighted by Gasteiger charge is 1.98. The summed E-state index contributed by atoms with van der Waals surface area (Å²) >= 11 is 0. The number of rotatable bonds is 3. The first-order valence-corrected chi connectivity index (χ1v) is 4.90. The first-order valence-electron chi connectivity index (χ1n) is 4.90. The highest BCUT2D eigenvalue weighted by molar-refractivity contribution is 5.28. The number of hydrogen-bond donors (Lipinski definition) is 0. The smallest absolute Gasteiger partial charge is 0.119 e. The van der Waals surface area contributed by atoms with E-state index < -0.39 is 0 Å². The molecule has 0 N–H and O–H groups in total. The molecule has 0 radical (unpaired) electrons. The first kappa shape index (κ1) is 9.77. The van der Waals surface area contributed by atoms with E-state index in [4.69, 9.17) is 4.74 Å². The van der Waals surface area contributed by atoms with E-state index in [1.165, 1.54) is 11.1 Å². The lowest BCUT2D eigenvalue weighted by Gasteiger charge is -2.04. The van der Waals surface area contributed by atoms with Gasteiger partial charge in [-0.25, -0.2) is 0 Å². The summed E-state index contributed by atoms with van der Waals surface area (Å²) in [6, 6.07) is 8.03. The van der Waals surface area contributed by atoms with Gasteiger partial charge in [0.1, 0.15) is 5.75 Å². The molecule has 0 amide bonds. The molecule has 3 heteroatoms. The molecular formula is C12H14N2O. The van der Waals surface area contributed by atoms with Crippen molar-refractivity contribution in [3.8, 4) is 5.75 Å². The topological polar surface area (TPSA) is 27.1 Å². The van der Waals surface area contributed by atoms with Crippen LogP contribution in [-0.4, -0.2) is 16.9 Å². The second-order valence-corrected chi connectivity index (χ2v) is 3.57. The molecule has 0 aliphatic carbocycles. The first-order chi connectivity index (χ1) is 7.28. The Hall–Kier alpha value is -1.77. The molecule has 2 rings (SSSR count). The molecule has 0 saturated heterocycles. The highest BCUT2D eigenvalue weighted by Crippen LogP contribution is 2.13. The molecule has 3 nitrogen and oxygen atoms in total. The van der Waals surface area contributed by atoms with Crippen molar-refractivity contribution in [3.63, 3.8) is 0 Å². The number of nitrogens with zero attached hydrogens (tertiary/aromatic N) is 2. The van der Waals surface area contributed by atoms with E-state index in [1.54, 1.807) is 7.11 Å². The van der Waals surface area contributed by atoms with Crippen LogP contribution in [0.3, 0.4) is 0 Å². The van der Waals surface area contributed by atoms with E-state index in [2.05, 4.69) is 11.2 Å². The van der Waals surface area contributed by atoms with Gasteiger partial charge in [-0.1, -0.05) is 12.1 Å². The maximum atomic E-state index is 5.17. The second kappa shape index (κ2) is 4.17. The summed E-state index contributed by atoms with van der Waals surface area (Å²) in [6.45, 7) is 2.82. The lowest BCUT2D eigenvalue weighted by Crippen LogP contribution is -1.99. The van der Waals surface area contributed by atoms with E-state index in [9.17, 15) is 0 Å². The summed E-state index contributed by atoms with van der Waals surface area (Å²) in [4.78, 5) is 0. The third-order valence-corrected chi connectivity index (χ3v) is 2.24. The Labute approximate surface area is 89.3 Å². The molecule has 1 aromatic heterocycles. The Morgan fingerprint density at radius 2 is 2.27 bits per heavy atom. The number of benzene rings is 1. The van der Waals surface area contributed by atoms with Crippen molar-refractivity contribution in [2.75, 3.05) is 7.11 Å². The van der Waals surface area contributed by atoms with Gasteiger partial charge in [-0.15, -0.1) is 0 Å². The average molecular weight is 202 g/mol. The molecule has 1 heterocycles. The van der Waals surface area contributed by atoms with Crippen LogP contribution >= 0.6 is 0 Å². The summed E-state index contributed by atoms with van der Waals surface area (Å²) < 4.78 is 7.09. The molecule has 0 unspecified atom stereocenters. The van der Waals surface area contributed by atoms with Gasteiger partial charge >= 0.3 is 0 Å². The maximum absolute atomic E-state index is 5.17. The Bertz CT molecular complexity index is 448. The monoisotopic (exact) mass is 202 g/mol. The molecule has 0 saturated carbocycles. The highest BCUT2D eigenvalue weighted by atomic mass is 16.5. The molecule has 15 heavy (non-hydrogen) atoms. The third kappa shape index (κ3) is 2.37. The SMILES string of the molecule is COc1cccc(Cn2cc(C)cn2)c1. The van der Waals surface area contributed by atoms with Gasteiger partial charge in [0.05, 0.1) is 19.9 Å². The number of hydrogen-bond acceptors (Lipinski definition) is 2. The van der Waals surface area contributed by atoms with E-state index >= 15 is 0 Å². The summed E-state index contributed by atoms with van der Waals surface area (Å²) in [6.07, 6.45) is 3.89. The van der Waals surface area contributed by atoms with Gasteiger partial charge in [-0.05, 0) is 30.2 Å². The van der Waals surface area contributed by atoms with Gasteiger partial charge in [-0.2, -0.15) is 5.10 Å². The predicted molar refractivity (Wildman–Crippen MR) is 59.1 cm³/mol. The summed E-state index contributed by atoms with van der Waals surface area (Å²) in [7, 11) is 1.68. The van der Waals surface area contributed by atoms with Gasteiger partial charge in [-0.3, -0.25) is 4.68 Å². The van der Waals surface area contributed by atoms with Crippen molar-refractivity contribution in [2.45, 2.75) is 13.5 Å². The van der Waals surface area contributed by atoms with Crippen LogP contribution in [0, 0.1) is 6.92 Å². The lowest BCUT2D eigenvalue weighted by molar-refractivity contribution is 0.414. The normalized spacial score (nSPS) is 10.3. The van der Waals surface area contributed by atoms with Crippen LogP contribution in [0.2, 0.25) is 0 Å². The molecular weight excluding hydrogens is 188 g/mol. The Balaban J connectivity index is 2.16. The van der Waals surface area contributed by atoms with Crippen molar-refractivity contribution in [2.24, 2.45) is 0 Å². The van der Waals surface area contributed by atoms with Crippen LogP contribution in [0.15, 0.2) is 36.7 Å². The summed E-state index contributed by atoms with van der Waals surface area (Å²) in [5.74, 6) is 0.886. The van der Waals surface area contributed by atoms with Crippen molar-refractivity contribution >= 4 is 0 Å². The van der Waals surface area contributed by atoms with Gasteiger partial charge in [0.25, 0.3) is 0 Å². The second-order valence-electron chi connectivity index (χ2n) is 3.57. The largest absolute Gasteiger partial charge is 0.497 e. The van der Waals surface area contributed by atoms with E-state index in [0.29, 0.717) is 0 Å². The Morgan fingerprint density at radius 3 is 2.93 bits per heavy atom. The van der Waals surface area contributed by atoms with Crippen LogP contribution < -0.4 is 4.74 Å². The number of ether oxygens (including phenoxy) is 1. The van der Waals surface area contributed by atoms with Crippen molar-refractivity contribution < 1.29 is 4.74 Å². The lowest BCUT2D eigenvalue weighted by atomic mass is 10.2. The fraction of sp³-hybridized carbons (Fsp3) is 0.250. The van der Waals surface area contributed by atoms with Crippen molar-refractivity contribution in [3.05, 3.63) is 47.8 Å². The number of methoxy groups -OCH3 is 1. The third-order valence-electron chi connectivity index (χ3n) is 2.24. The standard InChI is InChI=1S/C12H14N2O/c1-10-7-13-14(8-10)9-11-4-3-5-12(6-11)15-2/h3-8H,9H2,1-2H3. The molecule has 0 bridgehead atoms. The van der Waals surface area contributed by atoms with Crippen LogP contribution in [0.25, 0.3) is 0 Å². The minimum absolute atomic E-state index is 0.783. The summed E-state index contributed by atoms with van der Waals surface area (Å²) in [5.41, 5.74) is 2.37. The van der Waals surface area contributed by atoms with Crippen molar-refractivity contribution in [1.82, 2.24) is 9.78 Å². The molecule has 2 aromatic rings. The molecule has 78 valence electrons. The van der Waals surface area contributed by atoms with Crippen molar-refractivity contribution in [1.29, 1.82) is 0 Å². The molecule has 0 fully saturated rings.